The Labute approximate surface area is 111 Å². The summed E-state index contributed by atoms with van der Waals surface area (Å²) in [5, 5.41) is 0.255. The summed E-state index contributed by atoms with van der Waals surface area (Å²) < 4.78 is 24.4. The van der Waals surface area contributed by atoms with Gasteiger partial charge in [0, 0.05) is 17.5 Å². The number of methoxy groups -OCH3 is 2. The quantitative estimate of drug-likeness (QED) is 0.917. The van der Waals surface area contributed by atoms with Gasteiger partial charge in [-0.2, -0.15) is 4.39 Å². The van der Waals surface area contributed by atoms with Crippen LogP contribution in [0.1, 0.15) is 24.8 Å². The van der Waals surface area contributed by atoms with E-state index in [1.165, 1.54) is 14.2 Å². The van der Waals surface area contributed by atoms with Crippen LogP contribution in [0, 0.1) is 5.82 Å². The average molecular weight is 274 g/mol. The molecule has 1 fully saturated rings. The minimum absolute atomic E-state index is 0.0174. The Morgan fingerprint density at radius 1 is 1.33 bits per heavy atom. The molecule has 1 aromatic carbocycles. The van der Waals surface area contributed by atoms with Crippen LogP contribution in [0.15, 0.2) is 6.07 Å². The van der Waals surface area contributed by atoms with Gasteiger partial charge in [0.15, 0.2) is 11.5 Å². The van der Waals surface area contributed by atoms with Crippen molar-refractivity contribution in [2.75, 3.05) is 20.8 Å². The van der Waals surface area contributed by atoms with Gasteiger partial charge in [-0.3, -0.25) is 0 Å². The number of hydrogen-bond acceptors (Lipinski definition) is 3. The molecule has 0 unspecified atom stereocenters. The summed E-state index contributed by atoms with van der Waals surface area (Å²) in [5.41, 5.74) is 6.39. The first kappa shape index (κ1) is 13.4. The molecule has 0 amide bonds. The van der Waals surface area contributed by atoms with Crippen molar-refractivity contribution in [3.8, 4) is 11.5 Å². The normalized spacial score (nSPS) is 17.2. The Balaban J connectivity index is 2.60. The second kappa shape index (κ2) is 4.94. The smallest absolute Gasteiger partial charge is 0.208 e. The Morgan fingerprint density at radius 2 is 1.94 bits per heavy atom. The van der Waals surface area contributed by atoms with Crippen molar-refractivity contribution in [3.63, 3.8) is 0 Å². The first-order valence-electron chi connectivity index (χ1n) is 5.90. The van der Waals surface area contributed by atoms with Crippen LogP contribution in [0.25, 0.3) is 0 Å². The number of hydrogen-bond donors (Lipinski definition) is 1. The van der Waals surface area contributed by atoms with Crippen molar-refractivity contribution in [2.24, 2.45) is 5.73 Å². The number of rotatable bonds is 4. The molecule has 1 aliphatic carbocycles. The van der Waals surface area contributed by atoms with E-state index in [0.29, 0.717) is 6.54 Å². The lowest BCUT2D eigenvalue weighted by Gasteiger charge is -2.42. The molecule has 2 N–H and O–H groups in total. The molecular formula is C13H17ClFNO2. The molecule has 0 aromatic heterocycles. The van der Waals surface area contributed by atoms with Crippen LogP contribution >= 0.6 is 11.6 Å². The molecule has 5 heteroatoms. The highest BCUT2D eigenvalue weighted by Crippen LogP contribution is 2.50. The summed E-state index contributed by atoms with van der Waals surface area (Å²) in [6.45, 7) is 0.464. The van der Waals surface area contributed by atoms with Gasteiger partial charge < -0.3 is 15.2 Å². The van der Waals surface area contributed by atoms with Gasteiger partial charge in [0.2, 0.25) is 5.82 Å². The van der Waals surface area contributed by atoms with Gasteiger partial charge in [0.25, 0.3) is 0 Å². The molecule has 1 aliphatic rings. The predicted molar refractivity (Wildman–Crippen MR) is 69.1 cm³/mol. The molecule has 2 rings (SSSR count). The summed E-state index contributed by atoms with van der Waals surface area (Å²) >= 11 is 6.05. The molecule has 0 bridgehead atoms. The van der Waals surface area contributed by atoms with Crippen LogP contribution in [0.2, 0.25) is 5.02 Å². The van der Waals surface area contributed by atoms with E-state index < -0.39 is 5.82 Å². The number of halogens is 2. The molecule has 3 nitrogen and oxygen atoms in total. The van der Waals surface area contributed by atoms with Gasteiger partial charge in [-0.05, 0) is 18.9 Å². The molecule has 0 atom stereocenters. The average Bonchev–Trinajstić information content (AvgIpc) is 2.29. The van der Waals surface area contributed by atoms with E-state index in [1.807, 2.05) is 0 Å². The molecular weight excluding hydrogens is 257 g/mol. The minimum Gasteiger partial charge on any atom is -0.493 e. The predicted octanol–water partition coefficient (Wildman–Crippen LogP) is 2.88. The third-order valence-corrected chi connectivity index (χ3v) is 4.09. The molecule has 0 heterocycles. The Morgan fingerprint density at radius 3 is 2.33 bits per heavy atom. The van der Waals surface area contributed by atoms with Gasteiger partial charge in [-0.15, -0.1) is 0 Å². The zero-order valence-corrected chi connectivity index (χ0v) is 11.3. The van der Waals surface area contributed by atoms with Crippen LogP contribution in [0.3, 0.4) is 0 Å². The number of benzene rings is 1. The zero-order valence-electron chi connectivity index (χ0n) is 10.6. The Bertz CT molecular complexity index is 455. The van der Waals surface area contributed by atoms with Gasteiger partial charge >= 0.3 is 0 Å². The monoisotopic (exact) mass is 273 g/mol. The fourth-order valence-electron chi connectivity index (χ4n) is 2.55. The topological polar surface area (TPSA) is 44.5 Å². The van der Waals surface area contributed by atoms with E-state index in [2.05, 4.69) is 0 Å². The molecule has 1 saturated carbocycles. The van der Waals surface area contributed by atoms with Crippen LogP contribution in [-0.2, 0) is 5.41 Å². The van der Waals surface area contributed by atoms with Crippen molar-refractivity contribution in [3.05, 3.63) is 22.5 Å². The lowest BCUT2D eigenvalue weighted by atomic mass is 9.64. The van der Waals surface area contributed by atoms with Crippen molar-refractivity contribution in [1.82, 2.24) is 0 Å². The largest absolute Gasteiger partial charge is 0.493 e. The maximum absolute atomic E-state index is 14.2. The first-order chi connectivity index (χ1) is 8.59. The van der Waals surface area contributed by atoms with Crippen LogP contribution in [0.4, 0.5) is 4.39 Å². The molecule has 1 aromatic rings. The highest BCUT2D eigenvalue weighted by Gasteiger charge is 2.41. The van der Waals surface area contributed by atoms with Gasteiger partial charge in [-0.1, -0.05) is 18.0 Å². The van der Waals surface area contributed by atoms with Crippen LogP contribution < -0.4 is 15.2 Å². The summed E-state index contributed by atoms with van der Waals surface area (Å²) in [7, 11) is 2.82. The highest BCUT2D eigenvalue weighted by molar-refractivity contribution is 6.32. The minimum atomic E-state index is -0.553. The molecule has 0 radical (unpaired) electrons. The molecule has 0 spiro atoms. The zero-order chi connectivity index (χ0) is 13.3. The van der Waals surface area contributed by atoms with Crippen molar-refractivity contribution in [2.45, 2.75) is 24.7 Å². The van der Waals surface area contributed by atoms with Crippen molar-refractivity contribution in [1.29, 1.82) is 0 Å². The molecule has 0 aliphatic heterocycles. The van der Waals surface area contributed by atoms with Crippen LogP contribution in [-0.4, -0.2) is 20.8 Å². The van der Waals surface area contributed by atoms with E-state index in [-0.39, 0.29) is 21.9 Å². The van der Waals surface area contributed by atoms with E-state index in [9.17, 15) is 4.39 Å². The summed E-state index contributed by atoms with van der Waals surface area (Å²) in [4.78, 5) is 0. The SMILES string of the molecule is COc1c(Cl)cc(C2(CN)CCC2)c(OC)c1F. The van der Waals surface area contributed by atoms with E-state index >= 15 is 0 Å². The fraction of sp³-hybridized carbons (Fsp3) is 0.538. The molecule has 100 valence electrons. The second-order valence-corrected chi connectivity index (χ2v) is 5.03. The number of nitrogens with two attached hydrogens (primary N) is 1. The lowest BCUT2D eigenvalue weighted by molar-refractivity contribution is 0.239. The summed E-state index contributed by atoms with van der Waals surface area (Å²) in [6.07, 6.45) is 2.95. The second-order valence-electron chi connectivity index (χ2n) is 4.62. The lowest BCUT2D eigenvalue weighted by Crippen LogP contribution is -2.42. The fourth-order valence-corrected chi connectivity index (χ4v) is 2.82. The molecule has 0 saturated heterocycles. The summed E-state index contributed by atoms with van der Waals surface area (Å²) in [6, 6.07) is 1.72. The standard InChI is InChI=1S/C13H17ClFNO2/c1-17-11-8(13(7-16)4-3-5-13)6-9(14)12(18-2)10(11)15/h6H,3-5,7,16H2,1-2H3. The van der Waals surface area contributed by atoms with E-state index in [4.69, 9.17) is 26.8 Å². The highest BCUT2D eigenvalue weighted by atomic mass is 35.5. The van der Waals surface area contributed by atoms with Gasteiger partial charge in [-0.25, -0.2) is 0 Å². The number of ether oxygens (including phenoxy) is 2. The summed E-state index contributed by atoms with van der Waals surface area (Å²) in [5.74, 6) is -0.340. The maximum Gasteiger partial charge on any atom is 0.208 e. The Hall–Kier alpha value is -1.00. The third kappa shape index (κ3) is 1.84. The third-order valence-electron chi connectivity index (χ3n) is 3.81. The van der Waals surface area contributed by atoms with Crippen molar-refractivity contribution >= 4 is 11.6 Å². The van der Waals surface area contributed by atoms with Crippen molar-refractivity contribution < 1.29 is 13.9 Å². The van der Waals surface area contributed by atoms with E-state index in [1.54, 1.807) is 6.07 Å². The Kier molecular flexibility index (Phi) is 3.69. The van der Waals surface area contributed by atoms with E-state index in [0.717, 1.165) is 24.8 Å². The van der Waals surface area contributed by atoms with Crippen LogP contribution in [0.5, 0.6) is 11.5 Å². The van der Waals surface area contributed by atoms with Gasteiger partial charge in [0.05, 0.1) is 19.2 Å². The van der Waals surface area contributed by atoms with Gasteiger partial charge in [0.1, 0.15) is 0 Å². The molecule has 18 heavy (non-hydrogen) atoms. The maximum atomic E-state index is 14.2. The first-order valence-corrected chi connectivity index (χ1v) is 6.28.